The van der Waals surface area contributed by atoms with Crippen molar-refractivity contribution in [3.63, 3.8) is 0 Å². The monoisotopic (exact) mass is 596 g/mol. The molecule has 0 radical (unpaired) electrons. The minimum Gasteiger partial charge on any atom is -0.456 e. The second-order valence-electron chi connectivity index (χ2n) is 8.68. The highest BCUT2D eigenvalue weighted by Gasteiger charge is 2.30. The van der Waals surface area contributed by atoms with E-state index in [9.17, 15) is 26.4 Å². The summed E-state index contributed by atoms with van der Waals surface area (Å²) in [5, 5.41) is 8.47. The summed E-state index contributed by atoms with van der Waals surface area (Å²) >= 11 is 6.36. The van der Waals surface area contributed by atoms with Gasteiger partial charge in [0.15, 0.2) is 5.82 Å². The van der Waals surface area contributed by atoms with Crippen LogP contribution in [0.3, 0.4) is 0 Å². The van der Waals surface area contributed by atoms with Crippen molar-refractivity contribution < 1.29 is 31.1 Å². The number of fused-ring (bicyclic) bond motifs is 1. The van der Waals surface area contributed by atoms with E-state index in [-0.39, 0.29) is 35.4 Å². The molecule has 0 saturated heterocycles. The second kappa shape index (κ2) is 12.0. The van der Waals surface area contributed by atoms with Gasteiger partial charge in [-0.15, -0.1) is 0 Å². The number of hydrogen-bond acceptors (Lipinski definition) is 7. The zero-order valence-corrected chi connectivity index (χ0v) is 22.6. The van der Waals surface area contributed by atoms with E-state index in [0.717, 1.165) is 18.4 Å². The van der Waals surface area contributed by atoms with Crippen molar-refractivity contribution in [2.75, 3.05) is 30.4 Å². The van der Waals surface area contributed by atoms with Crippen molar-refractivity contribution in [1.29, 1.82) is 0 Å². The number of halogens is 4. The smallest absolute Gasteiger partial charge is 0.416 e. The average Bonchev–Trinajstić information content (AvgIpc) is 3.29. The van der Waals surface area contributed by atoms with Crippen LogP contribution in [0.1, 0.15) is 5.56 Å². The Bertz CT molecular complexity index is 1630. The number of nitrogens with zero attached hydrogens (tertiary/aromatic N) is 3. The van der Waals surface area contributed by atoms with Gasteiger partial charge in [-0.1, -0.05) is 17.7 Å². The summed E-state index contributed by atoms with van der Waals surface area (Å²) in [6, 6.07) is 10.5. The Morgan fingerprint density at radius 2 is 1.85 bits per heavy atom. The molecule has 0 bridgehead atoms. The lowest BCUT2D eigenvalue weighted by Crippen LogP contribution is -2.39. The molecule has 15 heteroatoms. The van der Waals surface area contributed by atoms with Gasteiger partial charge in [0.05, 0.1) is 21.9 Å². The molecule has 0 aliphatic carbocycles. The first-order valence-corrected chi connectivity index (χ1v) is 14.2. The molecular formula is C25H24ClF3N6O4S. The van der Waals surface area contributed by atoms with Crippen molar-refractivity contribution in [3.05, 3.63) is 71.6 Å². The van der Waals surface area contributed by atoms with E-state index < -0.39 is 27.6 Å². The van der Waals surface area contributed by atoms with Gasteiger partial charge in [0.1, 0.15) is 33.2 Å². The van der Waals surface area contributed by atoms with Gasteiger partial charge in [0, 0.05) is 37.8 Å². The van der Waals surface area contributed by atoms with E-state index in [2.05, 4.69) is 25.9 Å². The zero-order chi connectivity index (χ0) is 28.9. The predicted molar refractivity (Wildman–Crippen MR) is 145 cm³/mol. The van der Waals surface area contributed by atoms with Crippen molar-refractivity contribution in [1.82, 2.24) is 25.2 Å². The number of aromatic nitrogens is 3. The molecule has 10 nitrogen and oxygen atoms in total. The number of carbonyl (C=O) groups excluding carboxylic acids is 1. The van der Waals surface area contributed by atoms with Crippen LogP contribution < -0.4 is 20.7 Å². The maximum absolute atomic E-state index is 13.0. The number of sulfone groups is 1. The predicted octanol–water partition coefficient (Wildman–Crippen LogP) is 4.98. The van der Waals surface area contributed by atoms with Gasteiger partial charge in [0.2, 0.25) is 0 Å². The minimum atomic E-state index is -4.50. The molecular weight excluding hydrogens is 573 g/mol. The summed E-state index contributed by atoms with van der Waals surface area (Å²) in [5.41, 5.74) is 1.00. The molecule has 0 unspecified atom stereocenters. The lowest BCUT2D eigenvalue weighted by atomic mass is 10.2. The molecule has 2 amide bonds. The molecule has 4 rings (SSSR count). The molecule has 0 fully saturated rings. The van der Waals surface area contributed by atoms with Gasteiger partial charge < -0.3 is 25.3 Å². The average molecular weight is 597 g/mol. The lowest BCUT2D eigenvalue weighted by Gasteiger charge is -2.13. The molecule has 3 N–H and O–H groups in total. The fraction of sp³-hybridized carbons (Fsp3) is 0.240. The molecule has 212 valence electrons. The highest BCUT2D eigenvalue weighted by Crippen LogP contribution is 2.36. The van der Waals surface area contributed by atoms with Crippen LogP contribution in [-0.4, -0.2) is 54.1 Å². The third-order valence-corrected chi connectivity index (χ3v) is 6.77. The van der Waals surface area contributed by atoms with Gasteiger partial charge in [-0.3, -0.25) is 0 Å². The molecule has 2 aromatic carbocycles. The third-order valence-electron chi connectivity index (χ3n) is 5.53. The number of ether oxygens (including phenoxy) is 1. The highest BCUT2D eigenvalue weighted by molar-refractivity contribution is 7.90. The molecule has 0 aliphatic rings. The summed E-state index contributed by atoms with van der Waals surface area (Å²) in [7, 11) is -3.18. The molecule has 0 spiro atoms. The maximum Gasteiger partial charge on any atom is 0.416 e. The van der Waals surface area contributed by atoms with Crippen LogP contribution in [0, 0.1) is 0 Å². The lowest BCUT2D eigenvalue weighted by molar-refractivity contribution is -0.137. The van der Waals surface area contributed by atoms with Gasteiger partial charge >= 0.3 is 12.2 Å². The largest absolute Gasteiger partial charge is 0.456 e. The van der Waals surface area contributed by atoms with Crippen LogP contribution in [0.5, 0.6) is 11.5 Å². The molecule has 0 atom stereocenters. The third kappa shape index (κ3) is 7.76. The van der Waals surface area contributed by atoms with E-state index in [1.165, 1.54) is 24.5 Å². The number of alkyl halides is 3. The first kappa shape index (κ1) is 29.0. The van der Waals surface area contributed by atoms with E-state index in [1.54, 1.807) is 24.4 Å². The number of nitrogens with one attached hydrogen (secondary N) is 3. The van der Waals surface area contributed by atoms with Crippen LogP contribution in [0.2, 0.25) is 5.02 Å². The first-order chi connectivity index (χ1) is 18.9. The number of anilines is 2. The Labute approximate surface area is 232 Å². The normalized spacial score (nSPS) is 11.8. The summed E-state index contributed by atoms with van der Waals surface area (Å²) in [6.45, 7) is 0.622. The number of rotatable bonds is 10. The Hall–Kier alpha value is -4.04. The van der Waals surface area contributed by atoms with Gasteiger partial charge in [-0.2, -0.15) is 13.2 Å². The first-order valence-electron chi connectivity index (χ1n) is 11.8. The van der Waals surface area contributed by atoms with E-state index >= 15 is 0 Å². The van der Waals surface area contributed by atoms with Crippen LogP contribution in [0.15, 0.2) is 61.1 Å². The standard InChI is InChI=1S/C25H24ClF3N6O4S/c1-40(37,38)12-9-31-24(36)30-8-11-35-10-7-20-22(35)23(33-15-32-20)34-17-5-6-21(19(26)14-17)39-18-4-2-3-16(13-18)25(27,28)29/h2-7,10,13-15H,8-9,11-12H2,1H3,(H2,30,31,36)(H,32,33,34). The van der Waals surface area contributed by atoms with E-state index in [1.807, 2.05) is 4.57 Å². The zero-order valence-electron chi connectivity index (χ0n) is 21.0. The fourth-order valence-electron chi connectivity index (χ4n) is 3.67. The molecule has 0 aliphatic heterocycles. The number of urea groups is 1. The van der Waals surface area contributed by atoms with Crippen LogP contribution >= 0.6 is 11.6 Å². The number of amides is 2. The van der Waals surface area contributed by atoms with Gasteiger partial charge in [-0.05, 0) is 42.5 Å². The van der Waals surface area contributed by atoms with E-state index in [0.29, 0.717) is 29.1 Å². The SMILES string of the molecule is CS(=O)(=O)CCNC(=O)NCCn1ccc2ncnc(Nc3ccc(Oc4cccc(C(F)(F)F)c4)c(Cl)c3)c21. The Balaban J connectivity index is 1.43. The molecule has 0 saturated carbocycles. The second-order valence-corrected chi connectivity index (χ2v) is 11.3. The minimum absolute atomic E-state index is 0.00532. The number of carbonyl (C=O) groups is 1. The van der Waals surface area contributed by atoms with Gasteiger partial charge in [0.25, 0.3) is 0 Å². The Kier molecular flexibility index (Phi) is 8.69. The van der Waals surface area contributed by atoms with E-state index in [4.69, 9.17) is 16.3 Å². The number of hydrogen-bond donors (Lipinski definition) is 3. The highest BCUT2D eigenvalue weighted by atomic mass is 35.5. The summed E-state index contributed by atoms with van der Waals surface area (Å²) in [4.78, 5) is 20.5. The summed E-state index contributed by atoms with van der Waals surface area (Å²) in [6.07, 6.45) is -0.240. The van der Waals surface area contributed by atoms with Crippen molar-refractivity contribution >= 4 is 50.0 Å². The molecule has 40 heavy (non-hydrogen) atoms. The summed E-state index contributed by atoms with van der Waals surface area (Å²) < 4.78 is 68.8. The number of benzene rings is 2. The topological polar surface area (TPSA) is 127 Å². The Morgan fingerprint density at radius 1 is 1.07 bits per heavy atom. The Morgan fingerprint density at radius 3 is 2.58 bits per heavy atom. The molecule has 2 heterocycles. The van der Waals surface area contributed by atoms with Gasteiger partial charge in [-0.25, -0.2) is 23.2 Å². The maximum atomic E-state index is 13.0. The molecule has 4 aromatic rings. The van der Waals surface area contributed by atoms with Crippen LogP contribution in [0.25, 0.3) is 11.0 Å². The summed E-state index contributed by atoms with van der Waals surface area (Å²) in [5.74, 6) is 0.460. The molecule has 2 aromatic heterocycles. The van der Waals surface area contributed by atoms with Crippen LogP contribution in [-0.2, 0) is 22.6 Å². The van der Waals surface area contributed by atoms with Crippen molar-refractivity contribution in [2.45, 2.75) is 12.7 Å². The van der Waals surface area contributed by atoms with Crippen molar-refractivity contribution in [2.24, 2.45) is 0 Å². The van der Waals surface area contributed by atoms with Crippen molar-refractivity contribution in [3.8, 4) is 11.5 Å². The van der Waals surface area contributed by atoms with Crippen LogP contribution in [0.4, 0.5) is 29.5 Å². The fourth-order valence-corrected chi connectivity index (χ4v) is 4.37. The quantitative estimate of drug-likeness (QED) is 0.235.